The summed E-state index contributed by atoms with van der Waals surface area (Å²) in [5.74, 6) is 1.65. The first-order valence-electron chi connectivity index (χ1n) is 5.64. The highest BCUT2D eigenvalue weighted by Gasteiger charge is 2.05. The van der Waals surface area contributed by atoms with Crippen molar-refractivity contribution < 1.29 is 13.7 Å². The third-order valence-corrected chi connectivity index (χ3v) is 2.65. The predicted molar refractivity (Wildman–Crippen MR) is 67.6 cm³/mol. The van der Waals surface area contributed by atoms with Gasteiger partial charge in [0.15, 0.2) is 5.76 Å². The van der Waals surface area contributed by atoms with E-state index in [1.807, 2.05) is 24.3 Å². The summed E-state index contributed by atoms with van der Waals surface area (Å²) in [6, 6.07) is 9.19. The fourth-order valence-electron chi connectivity index (χ4n) is 1.48. The van der Waals surface area contributed by atoms with Gasteiger partial charge in [0.05, 0.1) is 19.2 Å². The second-order valence-corrected chi connectivity index (χ2v) is 3.99. The number of rotatable bonds is 6. The largest absolute Gasteiger partial charge is 0.493 e. The summed E-state index contributed by atoms with van der Waals surface area (Å²) in [7, 11) is 0. The topological polar surface area (TPSA) is 35.3 Å². The number of hydrogen-bond donors (Lipinski definition) is 0. The highest BCUT2D eigenvalue weighted by atomic mass is 35.5. The van der Waals surface area contributed by atoms with Crippen LogP contribution in [-0.4, -0.2) is 18.4 Å². The summed E-state index contributed by atoms with van der Waals surface area (Å²) in [5, 5.41) is 3.91. The Balaban J connectivity index is 2.02. The van der Waals surface area contributed by atoms with Gasteiger partial charge in [-0.15, -0.1) is 11.6 Å². The number of alkyl halides is 2. The van der Waals surface area contributed by atoms with E-state index in [1.165, 1.54) is 0 Å². The molecular weight excluding hydrogens is 257 g/mol. The molecule has 0 aliphatic heterocycles. The molecule has 0 bridgehead atoms. The van der Waals surface area contributed by atoms with Crippen LogP contribution in [-0.2, 0) is 5.88 Å². The molecule has 0 aliphatic rings. The molecule has 1 aromatic heterocycles. The minimum atomic E-state index is -0.363. The molecule has 0 unspecified atom stereocenters. The van der Waals surface area contributed by atoms with Gasteiger partial charge in [0.2, 0.25) is 0 Å². The Hall–Kier alpha value is -1.55. The number of aromatic nitrogens is 1. The van der Waals surface area contributed by atoms with Crippen molar-refractivity contribution in [3.8, 4) is 17.0 Å². The first-order valence-corrected chi connectivity index (χ1v) is 6.17. The molecule has 0 saturated carbocycles. The zero-order chi connectivity index (χ0) is 12.8. The van der Waals surface area contributed by atoms with E-state index in [0.717, 1.165) is 11.3 Å². The molecule has 18 heavy (non-hydrogen) atoms. The van der Waals surface area contributed by atoms with Gasteiger partial charge in [0.25, 0.3) is 0 Å². The van der Waals surface area contributed by atoms with E-state index in [0.29, 0.717) is 30.4 Å². The standard InChI is InChI=1S/C13H13ClFNO2/c14-9-12-8-13(16-18-12)10-2-4-11(5-3-10)17-7-1-6-15/h2-5,8H,1,6-7,9H2. The van der Waals surface area contributed by atoms with Gasteiger partial charge in [0.1, 0.15) is 11.4 Å². The van der Waals surface area contributed by atoms with E-state index >= 15 is 0 Å². The average Bonchev–Trinajstić information content (AvgIpc) is 2.89. The van der Waals surface area contributed by atoms with Gasteiger partial charge in [0, 0.05) is 18.1 Å². The maximum Gasteiger partial charge on any atom is 0.152 e. The van der Waals surface area contributed by atoms with Crippen LogP contribution in [0.25, 0.3) is 11.3 Å². The number of ether oxygens (including phenoxy) is 1. The fraction of sp³-hybridized carbons (Fsp3) is 0.308. The lowest BCUT2D eigenvalue weighted by atomic mass is 10.1. The SMILES string of the molecule is FCCCOc1ccc(-c2cc(CCl)on2)cc1. The average molecular weight is 270 g/mol. The Labute approximate surface area is 109 Å². The Morgan fingerprint density at radius 1 is 1.28 bits per heavy atom. The molecule has 1 heterocycles. The molecule has 1 aromatic carbocycles. The lowest BCUT2D eigenvalue weighted by molar-refractivity contribution is 0.289. The first-order chi connectivity index (χ1) is 8.83. The third-order valence-electron chi connectivity index (χ3n) is 2.39. The first kappa shape index (κ1) is 12.9. The molecule has 5 heteroatoms. The lowest BCUT2D eigenvalue weighted by Gasteiger charge is -2.04. The quantitative estimate of drug-likeness (QED) is 0.591. The van der Waals surface area contributed by atoms with E-state index in [2.05, 4.69) is 5.16 Å². The summed E-state index contributed by atoms with van der Waals surface area (Å²) in [6.07, 6.45) is 0.407. The highest BCUT2D eigenvalue weighted by molar-refractivity contribution is 6.16. The molecule has 0 N–H and O–H groups in total. The van der Waals surface area contributed by atoms with Gasteiger partial charge in [-0.25, -0.2) is 0 Å². The molecule has 0 aliphatic carbocycles. The maximum atomic E-state index is 11.9. The molecule has 0 atom stereocenters. The monoisotopic (exact) mass is 269 g/mol. The Morgan fingerprint density at radius 2 is 2.06 bits per heavy atom. The third kappa shape index (κ3) is 3.23. The van der Waals surface area contributed by atoms with Crippen LogP contribution in [0.15, 0.2) is 34.9 Å². The Kier molecular flexibility index (Phi) is 4.59. The van der Waals surface area contributed by atoms with Crippen LogP contribution in [0.1, 0.15) is 12.2 Å². The molecule has 3 nitrogen and oxygen atoms in total. The van der Waals surface area contributed by atoms with Crippen LogP contribution in [0, 0.1) is 0 Å². The maximum absolute atomic E-state index is 11.9. The van der Waals surface area contributed by atoms with E-state index in [-0.39, 0.29) is 6.67 Å². The van der Waals surface area contributed by atoms with Crippen molar-refractivity contribution in [2.45, 2.75) is 12.3 Å². The van der Waals surface area contributed by atoms with Crippen molar-refractivity contribution in [2.75, 3.05) is 13.3 Å². The van der Waals surface area contributed by atoms with Crippen LogP contribution in [0.4, 0.5) is 4.39 Å². The van der Waals surface area contributed by atoms with E-state index < -0.39 is 0 Å². The van der Waals surface area contributed by atoms with Gasteiger partial charge in [-0.05, 0) is 24.3 Å². The summed E-state index contributed by atoms with van der Waals surface area (Å²) < 4.78 is 22.3. The number of nitrogens with zero attached hydrogens (tertiary/aromatic N) is 1. The van der Waals surface area contributed by atoms with Crippen LogP contribution in [0.2, 0.25) is 0 Å². The van der Waals surface area contributed by atoms with Crippen LogP contribution in [0.5, 0.6) is 5.75 Å². The molecule has 0 radical (unpaired) electrons. The molecule has 0 spiro atoms. The van der Waals surface area contributed by atoms with Crippen molar-refractivity contribution in [1.82, 2.24) is 5.16 Å². The number of halogens is 2. The molecular formula is C13H13ClFNO2. The second-order valence-electron chi connectivity index (χ2n) is 3.73. The molecule has 96 valence electrons. The zero-order valence-electron chi connectivity index (χ0n) is 9.73. The highest BCUT2D eigenvalue weighted by Crippen LogP contribution is 2.22. The number of hydrogen-bond acceptors (Lipinski definition) is 3. The molecule has 0 fully saturated rings. The smallest absolute Gasteiger partial charge is 0.152 e. The minimum absolute atomic E-state index is 0.303. The van der Waals surface area contributed by atoms with Gasteiger partial charge >= 0.3 is 0 Å². The van der Waals surface area contributed by atoms with Crippen LogP contribution >= 0.6 is 11.6 Å². The van der Waals surface area contributed by atoms with Gasteiger partial charge in [-0.1, -0.05) is 5.16 Å². The van der Waals surface area contributed by atoms with E-state index in [1.54, 1.807) is 6.07 Å². The summed E-state index contributed by atoms with van der Waals surface area (Å²) in [6.45, 7) is 0.0223. The van der Waals surface area contributed by atoms with Crippen molar-refractivity contribution >= 4 is 11.6 Å². The fourth-order valence-corrected chi connectivity index (χ4v) is 1.60. The molecule has 0 amide bonds. The van der Waals surface area contributed by atoms with Crippen molar-refractivity contribution in [2.24, 2.45) is 0 Å². The van der Waals surface area contributed by atoms with Gasteiger partial charge in [-0.3, -0.25) is 4.39 Å². The summed E-state index contributed by atoms with van der Waals surface area (Å²) >= 11 is 5.64. The molecule has 2 aromatic rings. The zero-order valence-corrected chi connectivity index (χ0v) is 10.5. The van der Waals surface area contributed by atoms with E-state index in [4.69, 9.17) is 20.9 Å². The molecule has 2 rings (SSSR count). The Morgan fingerprint density at radius 3 is 2.67 bits per heavy atom. The van der Waals surface area contributed by atoms with Gasteiger partial charge < -0.3 is 9.26 Å². The predicted octanol–water partition coefficient (Wildman–Crippen LogP) is 3.82. The van der Waals surface area contributed by atoms with Crippen LogP contribution in [0.3, 0.4) is 0 Å². The van der Waals surface area contributed by atoms with Crippen molar-refractivity contribution in [3.63, 3.8) is 0 Å². The molecule has 0 saturated heterocycles. The summed E-state index contributed by atoms with van der Waals surface area (Å²) in [5.41, 5.74) is 1.66. The van der Waals surface area contributed by atoms with Gasteiger partial charge in [-0.2, -0.15) is 0 Å². The summed E-state index contributed by atoms with van der Waals surface area (Å²) in [4.78, 5) is 0. The van der Waals surface area contributed by atoms with Crippen LogP contribution < -0.4 is 4.74 Å². The number of benzene rings is 1. The van der Waals surface area contributed by atoms with Crippen molar-refractivity contribution in [3.05, 3.63) is 36.1 Å². The Bertz CT molecular complexity index is 484. The second kappa shape index (κ2) is 6.40. The normalized spacial score (nSPS) is 10.6. The van der Waals surface area contributed by atoms with Crippen molar-refractivity contribution in [1.29, 1.82) is 0 Å². The minimum Gasteiger partial charge on any atom is -0.493 e. The lowest BCUT2D eigenvalue weighted by Crippen LogP contribution is -1.97. The van der Waals surface area contributed by atoms with E-state index in [9.17, 15) is 4.39 Å².